The molecule has 25 heavy (non-hydrogen) atoms. The number of rotatable bonds is 4. The smallest absolute Gasteiger partial charge is 0.137 e. The molecular weight excluding hydrogens is 310 g/mol. The van der Waals surface area contributed by atoms with E-state index in [9.17, 15) is 0 Å². The Hall–Kier alpha value is -2.33. The molecule has 5 rings (SSSR count). The van der Waals surface area contributed by atoms with Crippen molar-refractivity contribution < 1.29 is 4.74 Å². The fraction of sp³-hybridized carbons (Fsp3) is 0.381. The van der Waals surface area contributed by atoms with Gasteiger partial charge in [-0.05, 0) is 49.6 Å². The molecule has 2 atom stereocenters. The fourth-order valence-corrected chi connectivity index (χ4v) is 3.13. The van der Waals surface area contributed by atoms with Crippen molar-refractivity contribution in [3.63, 3.8) is 0 Å². The lowest BCUT2D eigenvalue weighted by atomic mass is 10.1. The molecule has 0 spiro atoms. The Bertz CT molecular complexity index is 858. The molecule has 2 saturated heterocycles. The van der Waals surface area contributed by atoms with E-state index in [-0.39, 0.29) is 0 Å². The monoisotopic (exact) mass is 335 g/mol. The summed E-state index contributed by atoms with van der Waals surface area (Å²) in [4.78, 5) is 7.17. The summed E-state index contributed by atoms with van der Waals surface area (Å²) in [6, 6.07) is 13.3. The molecule has 3 aromatic rings. The molecule has 0 N–H and O–H groups in total. The first-order valence-corrected chi connectivity index (χ1v) is 9.16. The molecule has 0 amide bonds. The summed E-state index contributed by atoms with van der Waals surface area (Å²) in [5, 5.41) is 0. The zero-order valence-electron chi connectivity index (χ0n) is 15.0. The highest BCUT2D eigenvalue weighted by Crippen LogP contribution is 2.30. The molecule has 4 nitrogen and oxygen atoms in total. The second kappa shape index (κ2) is 6.89. The van der Waals surface area contributed by atoms with E-state index in [1.807, 2.05) is 35.0 Å². The highest BCUT2D eigenvalue weighted by molar-refractivity contribution is 5.69. The Kier molecular flexibility index (Phi) is 4.45. The van der Waals surface area contributed by atoms with Crippen molar-refractivity contribution in [2.45, 2.75) is 32.7 Å². The Balaban J connectivity index is 0.000000263. The number of fused-ring (bicyclic) bond motifs is 2. The van der Waals surface area contributed by atoms with Gasteiger partial charge in [-0.15, -0.1) is 0 Å². The lowest BCUT2D eigenvalue weighted by molar-refractivity contribution is 0.318. The van der Waals surface area contributed by atoms with E-state index in [1.54, 1.807) is 0 Å². The van der Waals surface area contributed by atoms with Gasteiger partial charge in [0.1, 0.15) is 11.4 Å². The first-order valence-electron chi connectivity index (χ1n) is 9.16. The molecule has 130 valence electrons. The van der Waals surface area contributed by atoms with Gasteiger partial charge in [0, 0.05) is 37.1 Å². The first kappa shape index (κ1) is 16.2. The largest absolute Gasteiger partial charge is 0.493 e. The average molecular weight is 335 g/mol. The second-order valence-corrected chi connectivity index (χ2v) is 6.88. The van der Waals surface area contributed by atoms with Crippen LogP contribution in [0.25, 0.3) is 16.9 Å². The van der Waals surface area contributed by atoms with Crippen LogP contribution in [0.1, 0.15) is 25.3 Å². The van der Waals surface area contributed by atoms with Crippen molar-refractivity contribution >= 4 is 5.65 Å². The summed E-state index contributed by atoms with van der Waals surface area (Å²) in [6.07, 6.45) is 6.57. The maximum atomic E-state index is 5.81. The van der Waals surface area contributed by atoms with Crippen LogP contribution in [-0.2, 0) is 0 Å². The summed E-state index contributed by atoms with van der Waals surface area (Å²) in [6.45, 7) is 7.72. The maximum absolute atomic E-state index is 5.81. The van der Waals surface area contributed by atoms with E-state index in [4.69, 9.17) is 9.72 Å². The SMILES string of the molecule is C1CN2CC12.CCCOc1ccccc1-c1cn2ccc(C)cc2n1. The number of aryl methyl sites for hydroxylation is 1. The predicted octanol–water partition coefficient (Wildman–Crippen LogP) is 4.17. The molecule has 0 bridgehead atoms. The number of hydrogen-bond acceptors (Lipinski definition) is 3. The molecule has 4 heterocycles. The first-order chi connectivity index (χ1) is 12.2. The van der Waals surface area contributed by atoms with E-state index in [0.29, 0.717) is 0 Å². The Morgan fingerprint density at radius 1 is 1.24 bits per heavy atom. The van der Waals surface area contributed by atoms with Gasteiger partial charge in [-0.25, -0.2) is 4.98 Å². The van der Waals surface area contributed by atoms with Crippen molar-refractivity contribution in [2.24, 2.45) is 0 Å². The maximum Gasteiger partial charge on any atom is 0.137 e. The van der Waals surface area contributed by atoms with E-state index >= 15 is 0 Å². The van der Waals surface area contributed by atoms with Crippen LogP contribution in [0.15, 0.2) is 48.8 Å². The number of hydrogen-bond donors (Lipinski definition) is 0. The van der Waals surface area contributed by atoms with Crippen molar-refractivity contribution in [1.82, 2.24) is 14.3 Å². The van der Waals surface area contributed by atoms with E-state index in [0.717, 1.165) is 41.7 Å². The van der Waals surface area contributed by atoms with E-state index in [1.165, 1.54) is 25.1 Å². The van der Waals surface area contributed by atoms with E-state index < -0.39 is 0 Å². The van der Waals surface area contributed by atoms with Crippen LogP contribution >= 0.6 is 0 Å². The number of ether oxygens (including phenoxy) is 1. The highest BCUT2D eigenvalue weighted by atomic mass is 16.5. The van der Waals surface area contributed by atoms with Crippen LogP contribution in [0.3, 0.4) is 0 Å². The van der Waals surface area contributed by atoms with Gasteiger partial charge < -0.3 is 9.14 Å². The van der Waals surface area contributed by atoms with Crippen molar-refractivity contribution in [3.8, 4) is 17.0 Å². The van der Waals surface area contributed by atoms with Crippen LogP contribution in [0, 0.1) is 6.92 Å². The van der Waals surface area contributed by atoms with Gasteiger partial charge in [-0.3, -0.25) is 4.90 Å². The quantitative estimate of drug-likeness (QED) is 0.670. The zero-order valence-corrected chi connectivity index (χ0v) is 15.0. The average Bonchev–Trinajstić information content (AvgIpc) is 3.02. The molecule has 2 fully saturated rings. The molecule has 2 aromatic heterocycles. The number of nitrogens with zero attached hydrogens (tertiary/aromatic N) is 3. The minimum absolute atomic E-state index is 0.726. The van der Waals surface area contributed by atoms with Gasteiger partial charge in [0.15, 0.2) is 0 Å². The van der Waals surface area contributed by atoms with Crippen LogP contribution in [0.5, 0.6) is 5.75 Å². The van der Waals surface area contributed by atoms with Crippen LogP contribution < -0.4 is 4.74 Å². The zero-order chi connectivity index (χ0) is 17.2. The fourth-order valence-electron chi connectivity index (χ4n) is 3.13. The van der Waals surface area contributed by atoms with Gasteiger partial charge in [0.25, 0.3) is 0 Å². The molecule has 0 radical (unpaired) electrons. The molecule has 0 aliphatic carbocycles. The molecule has 4 heteroatoms. The topological polar surface area (TPSA) is 29.5 Å². The summed E-state index contributed by atoms with van der Waals surface area (Å²) in [5.74, 6) is 0.898. The summed E-state index contributed by atoms with van der Waals surface area (Å²) < 4.78 is 7.85. The number of para-hydroxylation sites is 1. The van der Waals surface area contributed by atoms with Crippen LogP contribution in [0.4, 0.5) is 0 Å². The third kappa shape index (κ3) is 3.54. The second-order valence-electron chi connectivity index (χ2n) is 6.88. The number of benzene rings is 1. The normalized spacial score (nSPS) is 20.2. The molecule has 1 aromatic carbocycles. The van der Waals surface area contributed by atoms with Crippen molar-refractivity contribution in [1.29, 1.82) is 0 Å². The lowest BCUT2D eigenvalue weighted by Crippen LogP contribution is -2.16. The number of aromatic nitrogens is 2. The van der Waals surface area contributed by atoms with Gasteiger partial charge in [0.2, 0.25) is 0 Å². The minimum Gasteiger partial charge on any atom is -0.493 e. The van der Waals surface area contributed by atoms with Gasteiger partial charge >= 0.3 is 0 Å². The highest BCUT2D eigenvalue weighted by Gasteiger charge is 2.41. The van der Waals surface area contributed by atoms with Gasteiger partial charge in [-0.1, -0.05) is 19.1 Å². The van der Waals surface area contributed by atoms with Crippen molar-refractivity contribution in [3.05, 3.63) is 54.4 Å². The van der Waals surface area contributed by atoms with Gasteiger partial charge in [0.05, 0.1) is 12.3 Å². The Labute approximate surface area is 149 Å². The molecule has 2 unspecified atom stereocenters. The third-order valence-electron chi connectivity index (χ3n) is 4.82. The molecule has 2 aliphatic rings. The van der Waals surface area contributed by atoms with E-state index in [2.05, 4.69) is 36.9 Å². The van der Waals surface area contributed by atoms with Crippen molar-refractivity contribution in [2.75, 3.05) is 19.7 Å². The lowest BCUT2D eigenvalue weighted by Gasteiger charge is -2.08. The Morgan fingerprint density at radius 2 is 2.08 bits per heavy atom. The third-order valence-corrected chi connectivity index (χ3v) is 4.82. The summed E-state index contributed by atoms with van der Waals surface area (Å²) in [7, 11) is 0. The molecule has 2 aliphatic heterocycles. The Morgan fingerprint density at radius 3 is 2.76 bits per heavy atom. The van der Waals surface area contributed by atoms with Crippen LogP contribution in [-0.4, -0.2) is 40.0 Å². The predicted molar refractivity (Wildman–Crippen MR) is 101 cm³/mol. The molecular formula is C21H25N3O. The number of imidazole rings is 1. The number of pyridine rings is 1. The van der Waals surface area contributed by atoms with Crippen LogP contribution in [0.2, 0.25) is 0 Å². The minimum atomic E-state index is 0.726. The summed E-state index contributed by atoms with van der Waals surface area (Å²) >= 11 is 0. The summed E-state index contributed by atoms with van der Waals surface area (Å²) in [5.41, 5.74) is 4.17. The molecule has 0 saturated carbocycles. The standard InChI is InChI=1S/C17H18N2O.C4H7N/c1-3-10-20-16-7-5-4-6-14(16)15-12-19-9-8-13(2)11-17(19)18-15;1-2-5-3-4(1)5/h4-9,11-12H,3,10H2,1-2H3;4H,1-3H2. The van der Waals surface area contributed by atoms with Gasteiger partial charge in [-0.2, -0.15) is 0 Å².